The second kappa shape index (κ2) is 10.6. The van der Waals surface area contributed by atoms with Gasteiger partial charge in [0, 0.05) is 55.5 Å². The predicted molar refractivity (Wildman–Crippen MR) is 128 cm³/mol. The molecule has 8 heteroatoms. The van der Waals surface area contributed by atoms with Gasteiger partial charge in [-0.1, -0.05) is 32.0 Å². The number of rotatable bonds is 8. The van der Waals surface area contributed by atoms with E-state index in [0.29, 0.717) is 18.7 Å². The third kappa shape index (κ3) is 5.88. The van der Waals surface area contributed by atoms with Crippen LogP contribution in [0.25, 0.3) is 0 Å². The van der Waals surface area contributed by atoms with Crippen molar-refractivity contribution in [3.8, 4) is 0 Å². The molecule has 2 aromatic carbocycles. The summed E-state index contributed by atoms with van der Waals surface area (Å²) >= 11 is 2.00. The Morgan fingerprint density at radius 2 is 1.81 bits per heavy atom. The largest absolute Gasteiger partial charge is 0.322 e. The number of carbonyl (C=O) groups is 1. The summed E-state index contributed by atoms with van der Waals surface area (Å²) in [6.07, 6.45) is 0. The summed E-state index contributed by atoms with van der Waals surface area (Å²) in [6, 6.07) is 12.3. The van der Waals surface area contributed by atoms with Gasteiger partial charge in [-0.15, -0.1) is 0 Å². The van der Waals surface area contributed by atoms with Crippen LogP contribution in [0.2, 0.25) is 0 Å². The zero-order chi connectivity index (χ0) is 22.4. The van der Waals surface area contributed by atoms with E-state index in [9.17, 15) is 13.2 Å². The number of benzene rings is 2. The number of amides is 1. The second-order valence-corrected chi connectivity index (χ2v) is 10.8. The molecule has 0 radical (unpaired) electrons. The standard InChI is InChI=1S/C23H31N3O3S2/c1-4-26(5-2)31(28,29)21-8-6-7-20(16-21)23(27)24-22-10-9-19(15-18(22)3)17-25-11-13-30-14-12-25/h6-10,15-16H,4-5,11-14,17H2,1-3H3,(H,24,27). The van der Waals surface area contributed by atoms with Crippen molar-refractivity contribution in [1.82, 2.24) is 9.21 Å². The maximum Gasteiger partial charge on any atom is 0.255 e. The highest BCUT2D eigenvalue weighted by Crippen LogP contribution is 2.21. The number of thioether (sulfide) groups is 1. The molecule has 1 fully saturated rings. The number of anilines is 1. The first-order valence-corrected chi connectivity index (χ1v) is 13.3. The lowest BCUT2D eigenvalue weighted by Gasteiger charge is -2.26. The summed E-state index contributed by atoms with van der Waals surface area (Å²) in [5.74, 6) is 2.03. The van der Waals surface area contributed by atoms with Crippen molar-refractivity contribution in [3.05, 3.63) is 59.2 Å². The molecule has 0 bridgehead atoms. The summed E-state index contributed by atoms with van der Waals surface area (Å²) < 4.78 is 26.9. The first-order chi connectivity index (χ1) is 14.8. The first-order valence-electron chi connectivity index (χ1n) is 10.7. The normalized spacial score (nSPS) is 15.2. The fourth-order valence-corrected chi connectivity index (χ4v) is 6.17. The van der Waals surface area contributed by atoms with Crippen LogP contribution in [-0.2, 0) is 16.6 Å². The molecule has 168 valence electrons. The van der Waals surface area contributed by atoms with Crippen molar-refractivity contribution in [1.29, 1.82) is 0 Å². The Morgan fingerprint density at radius 3 is 2.45 bits per heavy atom. The molecule has 31 heavy (non-hydrogen) atoms. The van der Waals surface area contributed by atoms with Crippen LogP contribution >= 0.6 is 11.8 Å². The molecule has 3 rings (SSSR count). The molecule has 2 aromatic rings. The number of hydrogen-bond acceptors (Lipinski definition) is 5. The predicted octanol–water partition coefficient (Wildman–Crippen LogP) is 3.83. The fourth-order valence-electron chi connectivity index (χ4n) is 3.69. The van der Waals surface area contributed by atoms with Crippen molar-refractivity contribution in [2.75, 3.05) is 43.0 Å². The van der Waals surface area contributed by atoms with E-state index in [0.717, 1.165) is 30.9 Å². The Hall–Kier alpha value is -1.87. The van der Waals surface area contributed by atoms with Gasteiger partial charge in [0.25, 0.3) is 5.91 Å². The topological polar surface area (TPSA) is 69.7 Å². The number of nitrogens with one attached hydrogen (secondary N) is 1. The van der Waals surface area contributed by atoms with Gasteiger partial charge >= 0.3 is 0 Å². The van der Waals surface area contributed by atoms with Crippen molar-refractivity contribution in [3.63, 3.8) is 0 Å². The molecule has 1 aliphatic rings. The second-order valence-electron chi connectivity index (χ2n) is 7.61. The van der Waals surface area contributed by atoms with E-state index in [2.05, 4.69) is 16.3 Å². The van der Waals surface area contributed by atoms with Gasteiger partial charge in [-0.3, -0.25) is 9.69 Å². The molecule has 1 aliphatic heterocycles. The van der Waals surface area contributed by atoms with E-state index < -0.39 is 10.0 Å². The molecule has 0 saturated carbocycles. The summed E-state index contributed by atoms with van der Waals surface area (Å²) in [5, 5.41) is 2.93. The lowest BCUT2D eigenvalue weighted by atomic mass is 10.1. The van der Waals surface area contributed by atoms with E-state index >= 15 is 0 Å². The lowest BCUT2D eigenvalue weighted by molar-refractivity contribution is 0.102. The van der Waals surface area contributed by atoms with Crippen molar-refractivity contribution >= 4 is 33.4 Å². The fraction of sp³-hybridized carbons (Fsp3) is 0.435. The van der Waals surface area contributed by atoms with Crippen LogP contribution in [0, 0.1) is 6.92 Å². The van der Waals surface area contributed by atoms with Crippen LogP contribution in [0.15, 0.2) is 47.4 Å². The summed E-state index contributed by atoms with van der Waals surface area (Å²) in [4.78, 5) is 15.4. The first kappa shape index (κ1) is 23.8. The van der Waals surface area contributed by atoms with E-state index in [4.69, 9.17) is 0 Å². The van der Waals surface area contributed by atoms with E-state index in [1.807, 2.05) is 30.8 Å². The summed E-state index contributed by atoms with van der Waals surface area (Å²) in [5.41, 5.74) is 3.28. The van der Waals surface area contributed by atoms with Gasteiger partial charge in [-0.25, -0.2) is 8.42 Å². The maximum atomic E-state index is 12.8. The van der Waals surface area contributed by atoms with Crippen molar-refractivity contribution < 1.29 is 13.2 Å². The Kier molecular flexibility index (Phi) is 8.16. The zero-order valence-corrected chi connectivity index (χ0v) is 20.1. The highest BCUT2D eigenvalue weighted by atomic mass is 32.2. The van der Waals surface area contributed by atoms with Crippen LogP contribution in [0.3, 0.4) is 0 Å². The molecule has 0 spiro atoms. The molecule has 0 aliphatic carbocycles. The van der Waals surface area contributed by atoms with Gasteiger partial charge in [0.05, 0.1) is 4.90 Å². The number of sulfonamides is 1. The van der Waals surface area contributed by atoms with Gasteiger partial charge < -0.3 is 5.32 Å². The molecular weight excluding hydrogens is 430 g/mol. The highest BCUT2D eigenvalue weighted by Gasteiger charge is 2.22. The highest BCUT2D eigenvalue weighted by molar-refractivity contribution is 7.99. The smallest absolute Gasteiger partial charge is 0.255 e. The number of carbonyl (C=O) groups excluding carboxylic acids is 1. The number of aryl methyl sites for hydroxylation is 1. The van der Waals surface area contributed by atoms with Crippen molar-refractivity contribution in [2.45, 2.75) is 32.2 Å². The minimum absolute atomic E-state index is 0.135. The number of nitrogens with zero attached hydrogens (tertiary/aromatic N) is 2. The molecule has 6 nitrogen and oxygen atoms in total. The van der Waals surface area contributed by atoms with Crippen LogP contribution in [0.5, 0.6) is 0 Å². The lowest BCUT2D eigenvalue weighted by Crippen LogP contribution is -2.31. The van der Waals surface area contributed by atoms with Crippen LogP contribution in [-0.4, -0.2) is 61.2 Å². The van der Waals surface area contributed by atoms with Crippen molar-refractivity contribution in [2.24, 2.45) is 0 Å². The van der Waals surface area contributed by atoms with Crippen LogP contribution in [0.1, 0.15) is 35.3 Å². The Labute approximate surface area is 190 Å². The average molecular weight is 462 g/mol. The SMILES string of the molecule is CCN(CC)S(=O)(=O)c1cccc(C(=O)Nc2ccc(CN3CCSCC3)cc2C)c1. The van der Waals surface area contributed by atoms with E-state index in [-0.39, 0.29) is 10.8 Å². The van der Waals surface area contributed by atoms with Crippen LogP contribution < -0.4 is 5.32 Å². The average Bonchev–Trinajstić information content (AvgIpc) is 2.77. The summed E-state index contributed by atoms with van der Waals surface area (Å²) in [6.45, 7) is 9.48. The zero-order valence-electron chi connectivity index (χ0n) is 18.4. The minimum Gasteiger partial charge on any atom is -0.322 e. The molecule has 1 saturated heterocycles. The number of hydrogen-bond donors (Lipinski definition) is 1. The Bertz CT molecular complexity index is 1010. The summed E-state index contributed by atoms with van der Waals surface area (Å²) in [7, 11) is -3.61. The molecule has 1 N–H and O–H groups in total. The third-order valence-electron chi connectivity index (χ3n) is 5.49. The van der Waals surface area contributed by atoms with Gasteiger partial charge in [0.1, 0.15) is 0 Å². The van der Waals surface area contributed by atoms with Gasteiger partial charge in [0.15, 0.2) is 0 Å². The third-order valence-corrected chi connectivity index (χ3v) is 8.48. The molecule has 0 unspecified atom stereocenters. The molecule has 0 atom stereocenters. The van der Waals surface area contributed by atoms with Crippen LogP contribution in [0.4, 0.5) is 5.69 Å². The van der Waals surface area contributed by atoms with Gasteiger partial charge in [-0.05, 0) is 42.3 Å². The molecule has 1 heterocycles. The quantitative estimate of drug-likeness (QED) is 0.647. The van der Waals surface area contributed by atoms with E-state index in [1.54, 1.807) is 26.0 Å². The van der Waals surface area contributed by atoms with Gasteiger partial charge in [-0.2, -0.15) is 16.1 Å². The monoisotopic (exact) mass is 461 g/mol. The van der Waals surface area contributed by atoms with Gasteiger partial charge in [0.2, 0.25) is 10.0 Å². The molecule has 1 amide bonds. The van der Waals surface area contributed by atoms with E-state index in [1.165, 1.54) is 33.5 Å². The molecular formula is C23H31N3O3S2. The molecule has 0 aromatic heterocycles. The maximum absolute atomic E-state index is 12.8. The Balaban J connectivity index is 1.73. The Morgan fingerprint density at radius 1 is 1.10 bits per heavy atom. The minimum atomic E-state index is -3.61.